The molecule has 0 fully saturated rings. The number of hydrogen-bond acceptors (Lipinski definition) is 4. The number of carboxylic acids is 1. The van der Waals surface area contributed by atoms with Gasteiger partial charge in [-0.2, -0.15) is 0 Å². The lowest BCUT2D eigenvalue weighted by Gasteiger charge is -2.20. The molecule has 21 heavy (non-hydrogen) atoms. The third-order valence-electron chi connectivity index (χ3n) is 3.23. The van der Waals surface area contributed by atoms with Crippen LogP contribution >= 0.6 is 0 Å². The summed E-state index contributed by atoms with van der Waals surface area (Å²) in [6.45, 7) is 3.92. The summed E-state index contributed by atoms with van der Waals surface area (Å²) in [6.07, 6.45) is 2.25. The number of urea groups is 1. The second kappa shape index (κ2) is 8.08. The van der Waals surface area contributed by atoms with Crippen molar-refractivity contribution >= 4 is 12.0 Å². The van der Waals surface area contributed by atoms with Crippen molar-refractivity contribution in [3.8, 4) is 5.88 Å². The minimum Gasteiger partial charge on any atom is -0.481 e. The molecule has 3 N–H and O–H groups in total. The third kappa shape index (κ3) is 5.29. The maximum absolute atomic E-state index is 11.7. The number of carbonyl (C=O) groups is 2. The third-order valence-corrected chi connectivity index (χ3v) is 3.23. The van der Waals surface area contributed by atoms with E-state index < -0.39 is 18.0 Å². The molecule has 1 aromatic heterocycles. The van der Waals surface area contributed by atoms with E-state index in [1.54, 1.807) is 25.3 Å². The maximum Gasteiger partial charge on any atom is 0.326 e. The van der Waals surface area contributed by atoms with Gasteiger partial charge in [0.25, 0.3) is 0 Å². The molecule has 0 unspecified atom stereocenters. The number of ether oxygens (including phenoxy) is 1. The van der Waals surface area contributed by atoms with Gasteiger partial charge in [-0.05, 0) is 11.5 Å². The Hall–Kier alpha value is -2.31. The van der Waals surface area contributed by atoms with Gasteiger partial charge in [-0.1, -0.05) is 26.3 Å². The van der Waals surface area contributed by atoms with Gasteiger partial charge in [0.15, 0.2) is 0 Å². The minimum absolute atomic E-state index is 0.143. The van der Waals surface area contributed by atoms with Crippen LogP contribution in [0.2, 0.25) is 0 Å². The first-order valence-corrected chi connectivity index (χ1v) is 6.74. The fraction of sp³-hybridized carbons (Fsp3) is 0.500. The number of pyridine rings is 1. The predicted octanol–water partition coefficient (Wildman–Crippen LogP) is 1.39. The molecule has 0 spiro atoms. The van der Waals surface area contributed by atoms with Crippen LogP contribution in [-0.2, 0) is 11.3 Å². The summed E-state index contributed by atoms with van der Waals surface area (Å²) in [5.74, 6) is -0.688. The van der Waals surface area contributed by atoms with Crippen LogP contribution in [0.5, 0.6) is 5.88 Å². The van der Waals surface area contributed by atoms with E-state index in [1.807, 2.05) is 6.92 Å². The first kappa shape index (κ1) is 16.7. The zero-order chi connectivity index (χ0) is 15.8. The van der Waals surface area contributed by atoms with Gasteiger partial charge < -0.3 is 20.5 Å². The Kier molecular flexibility index (Phi) is 6.45. The Balaban J connectivity index is 2.50. The van der Waals surface area contributed by atoms with Gasteiger partial charge in [-0.3, -0.25) is 0 Å². The zero-order valence-electron chi connectivity index (χ0n) is 12.4. The van der Waals surface area contributed by atoms with Crippen molar-refractivity contribution in [2.45, 2.75) is 32.9 Å². The fourth-order valence-electron chi connectivity index (χ4n) is 1.69. The highest BCUT2D eigenvalue weighted by molar-refractivity contribution is 5.82. The molecule has 0 radical (unpaired) electrons. The smallest absolute Gasteiger partial charge is 0.326 e. The van der Waals surface area contributed by atoms with E-state index in [1.165, 1.54) is 7.11 Å². The first-order chi connectivity index (χ1) is 9.97. The molecular formula is C14H21N3O4. The van der Waals surface area contributed by atoms with E-state index in [0.29, 0.717) is 12.3 Å². The van der Waals surface area contributed by atoms with Gasteiger partial charge in [0.2, 0.25) is 5.88 Å². The maximum atomic E-state index is 11.7. The lowest BCUT2D eigenvalue weighted by molar-refractivity contribution is -0.140. The van der Waals surface area contributed by atoms with Crippen molar-refractivity contribution < 1.29 is 19.4 Å². The molecule has 116 valence electrons. The molecule has 0 saturated heterocycles. The second-order valence-electron chi connectivity index (χ2n) is 4.74. The molecule has 0 aliphatic heterocycles. The Bertz CT molecular complexity index is 476. The summed E-state index contributed by atoms with van der Waals surface area (Å²) in [5.41, 5.74) is 0.793. The van der Waals surface area contributed by atoms with Gasteiger partial charge >= 0.3 is 12.0 Å². The summed E-state index contributed by atoms with van der Waals surface area (Å²) in [6, 6.07) is 2.05. The number of amides is 2. The van der Waals surface area contributed by atoms with Gasteiger partial charge in [0, 0.05) is 18.8 Å². The Morgan fingerprint density at radius 1 is 1.43 bits per heavy atom. The van der Waals surface area contributed by atoms with Crippen molar-refractivity contribution in [1.82, 2.24) is 15.6 Å². The monoisotopic (exact) mass is 295 g/mol. The number of methoxy groups -OCH3 is 1. The van der Waals surface area contributed by atoms with Crippen molar-refractivity contribution in [3.05, 3.63) is 23.9 Å². The number of carbonyl (C=O) groups excluding carboxylic acids is 1. The van der Waals surface area contributed by atoms with Crippen LogP contribution in [0.25, 0.3) is 0 Å². The largest absolute Gasteiger partial charge is 0.481 e. The Labute approximate surface area is 123 Å². The summed E-state index contributed by atoms with van der Waals surface area (Å²) in [4.78, 5) is 26.9. The number of nitrogens with one attached hydrogen (secondary N) is 2. The van der Waals surface area contributed by atoms with E-state index in [4.69, 9.17) is 9.84 Å². The topological polar surface area (TPSA) is 101 Å². The number of aliphatic carboxylic acids is 1. The number of carboxylic acid groups (broad SMARTS) is 1. The molecule has 1 rings (SSSR count). The molecule has 0 aromatic carbocycles. The summed E-state index contributed by atoms with van der Waals surface area (Å²) in [5, 5.41) is 14.2. The highest BCUT2D eigenvalue weighted by atomic mass is 16.5. The summed E-state index contributed by atoms with van der Waals surface area (Å²) >= 11 is 0. The van der Waals surface area contributed by atoms with Gasteiger partial charge in [0.1, 0.15) is 6.04 Å². The van der Waals surface area contributed by atoms with Crippen LogP contribution in [-0.4, -0.2) is 35.2 Å². The summed E-state index contributed by atoms with van der Waals surface area (Å²) in [7, 11) is 1.52. The molecular weight excluding hydrogens is 274 g/mol. The van der Waals surface area contributed by atoms with E-state index in [2.05, 4.69) is 15.6 Å². The lowest BCUT2D eigenvalue weighted by Crippen LogP contribution is -2.48. The van der Waals surface area contributed by atoms with E-state index in [-0.39, 0.29) is 12.5 Å². The number of nitrogens with zero attached hydrogens (tertiary/aromatic N) is 1. The second-order valence-corrected chi connectivity index (χ2v) is 4.74. The van der Waals surface area contributed by atoms with Crippen LogP contribution in [0, 0.1) is 5.92 Å². The predicted molar refractivity (Wildman–Crippen MR) is 77.0 cm³/mol. The van der Waals surface area contributed by atoms with Gasteiger partial charge in [0.05, 0.1) is 7.11 Å². The van der Waals surface area contributed by atoms with Crippen molar-refractivity contribution in [2.24, 2.45) is 5.92 Å². The SMILES string of the molecule is CC[C@H](C)[C@H](NC(=O)NCc1ccc(OC)nc1)C(=O)O. The molecule has 0 bridgehead atoms. The van der Waals surface area contributed by atoms with Crippen molar-refractivity contribution in [2.75, 3.05) is 7.11 Å². The molecule has 7 nitrogen and oxygen atoms in total. The normalized spacial score (nSPS) is 13.1. The molecule has 1 heterocycles. The Morgan fingerprint density at radius 2 is 2.14 bits per heavy atom. The van der Waals surface area contributed by atoms with Gasteiger partial charge in [-0.25, -0.2) is 14.6 Å². The molecule has 0 saturated carbocycles. The molecule has 2 amide bonds. The zero-order valence-corrected chi connectivity index (χ0v) is 12.4. The average molecular weight is 295 g/mol. The summed E-state index contributed by atoms with van der Waals surface area (Å²) < 4.78 is 4.94. The molecule has 7 heteroatoms. The van der Waals surface area contributed by atoms with Crippen LogP contribution < -0.4 is 15.4 Å². The van der Waals surface area contributed by atoms with E-state index >= 15 is 0 Å². The van der Waals surface area contributed by atoms with Gasteiger partial charge in [-0.15, -0.1) is 0 Å². The lowest BCUT2D eigenvalue weighted by atomic mass is 9.99. The minimum atomic E-state index is -1.04. The molecule has 2 atom stereocenters. The van der Waals surface area contributed by atoms with Crippen molar-refractivity contribution in [1.29, 1.82) is 0 Å². The standard InChI is InChI=1S/C14H21N3O4/c1-4-9(2)12(13(18)19)17-14(20)16-8-10-5-6-11(21-3)15-7-10/h5-7,9,12H,4,8H2,1-3H3,(H,18,19)(H2,16,17,20)/t9-,12-/m0/s1. The molecule has 1 aromatic rings. The highest BCUT2D eigenvalue weighted by Gasteiger charge is 2.25. The number of rotatable bonds is 7. The van der Waals surface area contributed by atoms with Crippen LogP contribution in [0.3, 0.4) is 0 Å². The van der Waals surface area contributed by atoms with Crippen molar-refractivity contribution in [3.63, 3.8) is 0 Å². The van der Waals surface area contributed by atoms with Crippen LogP contribution in [0.1, 0.15) is 25.8 Å². The van der Waals surface area contributed by atoms with E-state index in [9.17, 15) is 9.59 Å². The average Bonchev–Trinajstić information content (AvgIpc) is 2.50. The van der Waals surface area contributed by atoms with Crippen LogP contribution in [0.4, 0.5) is 4.79 Å². The molecule has 0 aliphatic rings. The van der Waals surface area contributed by atoms with Crippen LogP contribution in [0.15, 0.2) is 18.3 Å². The quantitative estimate of drug-likeness (QED) is 0.705. The highest BCUT2D eigenvalue weighted by Crippen LogP contribution is 2.08. The fourth-order valence-corrected chi connectivity index (χ4v) is 1.69. The Morgan fingerprint density at radius 3 is 2.62 bits per heavy atom. The number of aromatic nitrogens is 1. The molecule has 0 aliphatic carbocycles. The number of hydrogen-bond donors (Lipinski definition) is 3. The first-order valence-electron chi connectivity index (χ1n) is 6.74. The van der Waals surface area contributed by atoms with E-state index in [0.717, 1.165) is 5.56 Å².